The highest BCUT2D eigenvalue weighted by molar-refractivity contribution is 6.02. The van der Waals surface area contributed by atoms with Gasteiger partial charge in [0, 0.05) is 24.1 Å². The first-order valence-electron chi connectivity index (χ1n) is 9.71. The van der Waals surface area contributed by atoms with E-state index in [0.29, 0.717) is 19.5 Å². The van der Waals surface area contributed by atoms with Crippen LogP contribution in [0.1, 0.15) is 43.9 Å². The minimum absolute atomic E-state index is 0.0932. The first-order valence-corrected chi connectivity index (χ1v) is 9.71. The molecular formula is C23H29N3O2. The van der Waals surface area contributed by atoms with Crippen molar-refractivity contribution < 1.29 is 9.63 Å². The second-order valence-corrected chi connectivity index (χ2v) is 8.33. The summed E-state index contributed by atoms with van der Waals surface area (Å²) in [4.78, 5) is 20.4. The Labute approximate surface area is 167 Å². The van der Waals surface area contributed by atoms with Crippen LogP contribution in [0.3, 0.4) is 0 Å². The summed E-state index contributed by atoms with van der Waals surface area (Å²) in [6.45, 7) is 9.03. The number of benzene rings is 2. The number of amides is 2. The van der Waals surface area contributed by atoms with Crippen molar-refractivity contribution in [1.82, 2.24) is 10.2 Å². The Morgan fingerprint density at radius 3 is 2.50 bits per heavy atom. The van der Waals surface area contributed by atoms with Crippen LogP contribution in [0.4, 0.5) is 4.79 Å². The summed E-state index contributed by atoms with van der Waals surface area (Å²) in [5.74, 6) is 0. The van der Waals surface area contributed by atoms with Gasteiger partial charge in [0.1, 0.15) is 0 Å². The van der Waals surface area contributed by atoms with Crippen molar-refractivity contribution in [1.29, 1.82) is 0 Å². The molecule has 148 valence electrons. The molecule has 0 fully saturated rings. The molecule has 2 aromatic rings. The molecule has 0 spiro atoms. The largest absolute Gasteiger partial charge is 0.390 e. The Kier molecular flexibility index (Phi) is 6.02. The number of hydrogen-bond acceptors (Lipinski definition) is 3. The summed E-state index contributed by atoms with van der Waals surface area (Å²) in [7, 11) is 0. The van der Waals surface area contributed by atoms with Crippen LogP contribution in [-0.4, -0.2) is 34.8 Å². The smallest absolute Gasteiger partial charge is 0.318 e. The van der Waals surface area contributed by atoms with E-state index in [0.717, 1.165) is 16.8 Å². The molecule has 1 atom stereocenters. The fourth-order valence-electron chi connectivity index (χ4n) is 3.25. The van der Waals surface area contributed by atoms with Gasteiger partial charge in [0.25, 0.3) is 0 Å². The molecule has 1 aliphatic heterocycles. The lowest BCUT2D eigenvalue weighted by atomic mass is 10.0. The van der Waals surface area contributed by atoms with Crippen LogP contribution in [0, 0.1) is 6.92 Å². The number of nitrogens with zero attached hydrogens (tertiary/aromatic N) is 2. The van der Waals surface area contributed by atoms with E-state index in [2.05, 4.69) is 29.5 Å². The zero-order chi connectivity index (χ0) is 20.1. The molecular weight excluding hydrogens is 350 g/mol. The van der Waals surface area contributed by atoms with Gasteiger partial charge in [-0.15, -0.1) is 0 Å². The monoisotopic (exact) mass is 379 g/mol. The van der Waals surface area contributed by atoms with E-state index >= 15 is 0 Å². The van der Waals surface area contributed by atoms with Crippen LogP contribution in [0.25, 0.3) is 0 Å². The van der Waals surface area contributed by atoms with Crippen LogP contribution >= 0.6 is 0 Å². The molecule has 2 aromatic carbocycles. The van der Waals surface area contributed by atoms with E-state index in [1.54, 1.807) is 0 Å². The number of oxime groups is 1. The zero-order valence-corrected chi connectivity index (χ0v) is 17.1. The van der Waals surface area contributed by atoms with Crippen LogP contribution < -0.4 is 5.32 Å². The summed E-state index contributed by atoms with van der Waals surface area (Å²) >= 11 is 0. The lowest BCUT2D eigenvalue weighted by Crippen LogP contribution is -2.50. The summed E-state index contributed by atoms with van der Waals surface area (Å²) in [5, 5.41) is 7.36. The van der Waals surface area contributed by atoms with Crippen molar-refractivity contribution in [2.75, 3.05) is 6.54 Å². The Hall–Kier alpha value is -2.82. The number of carbonyl (C=O) groups excluding carboxylic acids is 1. The second kappa shape index (κ2) is 8.46. The molecule has 1 N–H and O–H groups in total. The fraction of sp³-hybridized carbons (Fsp3) is 0.391. The van der Waals surface area contributed by atoms with Crippen molar-refractivity contribution >= 4 is 11.7 Å². The normalized spacial score (nSPS) is 16.3. The van der Waals surface area contributed by atoms with Gasteiger partial charge in [0.2, 0.25) is 0 Å². The van der Waals surface area contributed by atoms with Crippen LogP contribution in [0.2, 0.25) is 0 Å². The molecule has 0 radical (unpaired) electrons. The van der Waals surface area contributed by atoms with Gasteiger partial charge in [-0.25, -0.2) is 4.79 Å². The quantitative estimate of drug-likeness (QED) is 0.832. The van der Waals surface area contributed by atoms with E-state index in [9.17, 15) is 4.79 Å². The van der Waals surface area contributed by atoms with E-state index in [1.807, 2.05) is 68.1 Å². The Bertz CT molecular complexity index is 840. The summed E-state index contributed by atoms with van der Waals surface area (Å²) in [6.07, 6.45) is 0.544. The van der Waals surface area contributed by atoms with E-state index in [1.165, 1.54) is 5.56 Å². The lowest BCUT2D eigenvalue weighted by Gasteiger charge is -2.29. The zero-order valence-electron chi connectivity index (χ0n) is 17.1. The third-order valence-electron chi connectivity index (χ3n) is 4.60. The Balaban J connectivity index is 1.69. The molecule has 0 unspecified atom stereocenters. The molecule has 3 rings (SSSR count). The number of hydrogen-bond donors (Lipinski definition) is 1. The topological polar surface area (TPSA) is 53.9 Å². The van der Waals surface area contributed by atoms with Crippen LogP contribution in [0.15, 0.2) is 59.8 Å². The van der Waals surface area contributed by atoms with Crippen molar-refractivity contribution in [3.05, 3.63) is 71.3 Å². The molecule has 1 aliphatic rings. The molecule has 0 bridgehead atoms. The molecule has 0 aromatic heterocycles. The van der Waals surface area contributed by atoms with E-state index in [-0.39, 0.29) is 17.7 Å². The van der Waals surface area contributed by atoms with Crippen molar-refractivity contribution in [3.63, 3.8) is 0 Å². The molecule has 2 amide bonds. The molecule has 0 aliphatic carbocycles. The minimum Gasteiger partial charge on any atom is -0.390 e. The first kappa shape index (κ1) is 19.9. The maximum atomic E-state index is 12.9. The highest BCUT2D eigenvalue weighted by Crippen LogP contribution is 2.21. The summed E-state index contributed by atoms with van der Waals surface area (Å²) in [5.41, 5.74) is 4.02. The number of carbonyl (C=O) groups is 1. The number of nitrogens with one attached hydrogen (secondary N) is 1. The molecule has 5 nitrogen and oxygen atoms in total. The van der Waals surface area contributed by atoms with Gasteiger partial charge >= 0.3 is 6.03 Å². The Morgan fingerprint density at radius 2 is 1.82 bits per heavy atom. The average molecular weight is 380 g/mol. The maximum absolute atomic E-state index is 12.9. The van der Waals surface area contributed by atoms with Crippen molar-refractivity contribution in [2.45, 2.75) is 52.3 Å². The molecule has 5 heteroatoms. The molecule has 28 heavy (non-hydrogen) atoms. The SMILES string of the molecule is Cc1ccccc1C1=NO[C@H](CN(Cc2ccccc2)C(=O)NC(C)(C)C)C1. The highest BCUT2D eigenvalue weighted by Gasteiger charge is 2.28. The number of urea groups is 1. The van der Waals surface area contributed by atoms with Gasteiger partial charge in [-0.05, 0) is 38.8 Å². The third-order valence-corrected chi connectivity index (χ3v) is 4.60. The maximum Gasteiger partial charge on any atom is 0.318 e. The predicted octanol–water partition coefficient (Wildman–Crippen LogP) is 4.50. The van der Waals surface area contributed by atoms with Crippen molar-refractivity contribution in [3.8, 4) is 0 Å². The van der Waals surface area contributed by atoms with Crippen molar-refractivity contribution in [2.24, 2.45) is 5.16 Å². The van der Waals surface area contributed by atoms with E-state index < -0.39 is 0 Å². The second-order valence-electron chi connectivity index (χ2n) is 8.33. The first-order chi connectivity index (χ1) is 13.3. The van der Waals surface area contributed by atoms with E-state index in [4.69, 9.17) is 4.84 Å². The van der Waals surface area contributed by atoms with Gasteiger partial charge in [0.15, 0.2) is 6.10 Å². The number of rotatable bonds is 5. The average Bonchev–Trinajstić information content (AvgIpc) is 3.09. The highest BCUT2D eigenvalue weighted by atomic mass is 16.6. The van der Waals surface area contributed by atoms with Gasteiger partial charge in [-0.3, -0.25) is 0 Å². The van der Waals surface area contributed by atoms with Gasteiger partial charge in [-0.2, -0.15) is 0 Å². The van der Waals surface area contributed by atoms with Gasteiger partial charge in [-0.1, -0.05) is 59.8 Å². The van der Waals surface area contributed by atoms with Crippen LogP contribution in [-0.2, 0) is 11.4 Å². The fourth-order valence-corrected chi connectivity index (χ4v) is 3.25. The van der Waals surface area contributed by atoms with Gasteiger partial charge in [0.05, 0.1) is 12.3 Å². The summed E-state index contributed by atoms with van der Waals surface area (Å²) < 4.78 is 0. The van der Waals surface area contributed by atoms with Crippen LogP contribution in [0.5, 0.6) is 0 Å². The number of aryl methyl sites for hydroxylation is 1. The predicted molar refractivity (Wildman–Crippen MR) is 112 cm³/mol. The Morgan fingerprint density at radius 1 is 1.14 bits per heavy atom. The standard InChI is InChI=1S/C23H29N3O2/c1-17-10-8-9-13-20(17)21-14-19(28-25-21)16-26(22(27)24-23(2,3)4)15-18-11-6-5-7-12-18/h5-13,19H,14-16H2,1-4H3,(H,24,27)/t19-/m0/s1. The molecule has 0 saturated heterocycles. The third kappa shape index (κ3) is 5.35. The lowest BCUT2D eigenvalue weighted by molar-refractivity contribution is 0.0580. The molecule has 0 saturated carbocycles. The minimum atomic E-state index is -0.300. The summed E-state index contributed by atoms with van der Waals surface area (Å²) in [6, 6.07) is 18.1. The van der Waals surface area contributed by atoms with Gasteiger partial charge < -0.3 is 15.1 Å². The molecule has 1 heterocycles.